The van der Waals surface area contributed by atoms with Crippen LogP contribution >= 0.6 is 11.8 Å². The smallest absolute Gasteiger partial charge is 0.277 e. The van der Waals surface area contributed by atoms with Gasteiger partial charge >= 0.3 is 0 Å². The lowest BCUT2D eigenvalue weighted by Crippen LogP contribution is -1.87. The van der Waals surface area contributed by atoms with E-state index >= 15 is 0 Å². The number of aromatic nitrogens is 2. The fraction of sp³-hybridized carbons (Fsp3) is 0.182. The predicted octanol–water partition coefficient (Wildman–Crippen LogP) is 2.28. The molecule has 2 aromatic rings. The first-order valence-electron chi connectivity index (χ1n) is 4.74. The van der Waals surface area contributed by atoms with Crippen LogP contribution in [0.1, 0.15) is 11.5 Å². The van der Waals surface area contributed by atoms with E-state index in [4.69, 9.17) is 9.68 Å². The summed E-state index contributed by atoms with van der Waals surface area (Å²) in [6.45, 7) is 0. The van der Waals surface area contributed by atoms with Gasteiger partial charge in [0.25, 0.3) is 5.22 Å². The van der Waals surface area contributed by atoms with E-state index in [1.807, 2.05) is 36.4 Å². The van der Waals surface area contributed by atoms with Crippen molar-refractivity contribution in [2.75, 3.05) is 5.75 Å². The van der Waals surface area contributed by atoms with Gasteiger partial charge in [0.2, 0.25) is 5.89 Å². The van der Waals surface area contributed by atoms with Crippen LogP contribution in [0.5, 0.6) is 0 Å². The summed E-state index contributed by atoms with van der Waals surface area (Å²) in [5, 5.41) is 16.6. The molecule has 0 spiro atoms. The molecule has 5 heteroatoms. The van der Waals surface area contributed by atoms with Crippen molar-refractivity contribution in [1.82, 2.24) is 10.2 Å². The minimum Gasteiger partial charge on any atom is -0.416 e. The van der Waals surface area contributed by atoms with E-state index in [2.05, 4.69) is 10.2 Å². The number of nitriles is 1. The summed E-state index contributed by atoms with van der Waals surface area (Å²) >= 11 is 1.25. The van der Waals surface area contributed by atoms with Crippen molar-refractivity contribution in [3.63, 3.8) is 0 Å². The van der Waals surface area contributed by atoms with Crippen molar-refractivity contribution < 1.29 is 4.42 Å². The lowest BCUT2D eigenvalue weighted by atomic mass is 10.2. The molecular formula is C11H9N3OS. The van der Waals surface area contributed by atoms with E-state index in [-0.39, 0.29) is 0 Å². The van der Waals surface area contributed by atoms with E-state index in [0.717, 1.165) is 5.56 Å². The number of hydrogen-bond donors (Lipinski definition) is 0. The number of rotatable bonds is 4. The van der Waals surface area contributed by atoms with Gasteiger partial charge in [-0.15, -0.1) is 10.2 Å². The van der Waals surface area contributed by atoms with Crippen molar-refractivity contribution in [2.24, 2.45) is 0 Å². The highest BCUT2D eigenvalue weighted by Crippen LogP contribution is 2.16. The number of benzene rings is 1. The molecule has 0 N–H and O–H groups in total. The van der Waals surface area contributed by atoms with Gasteiger partial charge in [0.05, 0.1) is 18.2 Å². The fourth-order valence-corrected chi connectivity index (χ4v) is 1.67. The SMILES string of the molecule is N#CCSc1nnc(Cc2ccccc2)o1. The van der Waals surface area contributed by atoms with E-state index in [9.17, 15) is 0 Å². The molecule has 1 aromatic carbocycles. The third kappa shape index (κ3) is 2.84. The van der Waals surface area contributed by atoms with Gasteiger partial charge in [-0.25, -0.2) is 0 Å². The molecule has 0 aliphatic carbocycles. The minimum atomic E-state index is 0.326. The Bertz CT molecular complexity index is 489. The molecule has 2 rings (SSSR count). The monoisotopic (exact) mass is 231 g/mol. The molecular weight excluding hydrogens is 222 g/mol. The molecule has 16 heavy (non-hydrogen) atoms. The Kier molecular flexibility index (Phi) is 3.57. The maximum Gasteiger partial charge on any atom is 0.277 e. The molecule has 0 amide bonds. The van der Waals surface area contributed by atoms with E-state index < -0.39 is 0 Å². The lowest BCUT2D eigenvalue weighted by Gasteiger charge is -1.94. The van der Waals surface area contributed by atoms with Crippen molar-refractivity contribution in [3.8, 4) is 6.07 Å². The number of thioether (sulfide) groups is 1. The summed E-state index contributed by atoms with van der Waals surface area (Å²) < 4.78 is 5.38. The summed E-state index contributed by atoms with van der Waals surface area (Å²) in [5.74, 6) is 0.902. The average Bonchev–Trinajstić information content (AvgIpc) is 2.75. The standard InChI is InChI=1S/C11H9N3OS/c12-6-7-16-11-14-13-10(15-11)8-9-4-2-1-3-5-9/h1-5H,7-8H2. The second-order valence-electron chi connectivity index (χ2n) is 3.07. The zero-order chi connectivity index (χ0) is 11.2. The zero-order valence-electron chi connectivity index (χ0n) is 8.46. The maximum atomic E-state index is 8.41. The minimum absolute atomic E-state index is 0.326. The Morgan fingerprint density at radius 3 is 2.81 bits per heavy atom. The van der Waals surface area contributed by atoms with Gasteiger partial charge in [-0.05, 0) is 5.56 Å². The van der Waals surface area contributed by atoms with Crippen molar-refractivity contribution in [3.05, 3.63) is 41.8 Å². The first kappa shape index (κ1) is 10.7. The third-order valence-corrected chi connectivity index (χ3v) is 2.59. The first-order chi connectivity index (χ1) is 7.88. The summed E-state index contributed by atoms with van der Waals surface area (Å²) in [6.07, 6.45) is 0.626. The van der Waals surface area contributed by atoms with Crippen LogP contribution in [0.25, 0.3) is 0 Å². The topological polar surface area (TPSA) is 62.7 Å². The third-order valence-electron chi connectivity index (χ3n) is 1.91. The Morgan fingerprint density at radius 1 is 1.25 bits per heavy atom. The van der Waals surface area contributed by atoms with Gasteiger partial charge in [0.15, 0.2) is 0 Å². The van der Waals surface area contributed by atoms with Gasteiger partial charge in [-0.2, -0.15) is 5.26 Å². The van der Waals surface area contributed by atoms with Crippen LogP contribution in [0.4, 0.5) is 0 Å². The number of hydrogen-bond acceptors (Lipinski definition) is 5. The van der Waals surface area contributed by atoms with Crippen LogP contribution in [-0.4, -0.2) is 16.0 Å². The molecule has 0 fully saturated rings. The van der Waals surface area contributed by atoms with E-state index in [0.29, 0.717) is 23.3 Å². The number of nitrogens with zero attached hydrogens (tertiary/aromatic N) is 3. The molecule has 0 saturated heterocycles. The molecule has 0 unspecified atom stereocenters. The first-order valence-corrected chi connectivity index (χ1v) is 5.73. The van der Waals surface area contributed by atoms with Crippen molar-refractivity contribution >= 4 is 11.8 Å². The molecule has 0 saturated carbocycles. The summed E-state index contributed by atoms with van der Waals surface area (Å²) in [4.78, 5) is 0. The predicted molar refractivity (Wildman–Crippen MR) is 59.9 cm³/mol. The normalized spacial score (nSPS) is 9.94. The van der Waals surface area contributed by atoms with Gasteiger partial charge in [-0.3, -0.25) is 0 Å². The van der Waals surface area contributed by atoms with Gasteiger partial charge in [0.1, 0.15) is 0 Å². The molecule has 0 atom stereocenters. The highest BCUT2D eigenvalue weighted by atomic mass is 32.2. The molecule has 0 radical (unpaired) electrons. The van der Waals surface area contributed by atoms with Crippen LogP contribution in [0.3, 0.4) is 0 Å². The molecule has 80 valence electrons. The van der Waals surface area contributed by atoms with Crippen molar-refractivity contribution in [1.29, 1.82) is 5.26 Å². The summed E-state index contributed by atoms with van der Waals surface area (Å²) in [5.41, 5.74) is 1.13. The molecule has 0 aliphatic heterocycles. The average molecular weight is 231 g/mol. The fourth-order valence-electron chi connectivity index (χ4n) is 1.23. The highest BCUT2D eigenvalue weighted by molar-refractivity contribution is 7.99. The van der Waals surface area contributed by atoms with E-state index in [1.165, 1.54) is 11.8 Å². The Balaban J connectivity index is 2.01. The van der Waals surface area contributed by atoms with Crippen LogP contribution in [0, 0.1) is 11.3 Å². The second kappa shape index (κ2) is 5.33. The largest absolute Gasteiger partial charge is 0.416 e. The van der Waals surface area contributed by atoms with E-state index in [1.54, 1.807) is 0 Å². The summed E-state index contributed by atoms with van der Waals surface area (Å²) in [7, 11) is 0. The quantitative estimate of drug-likeness (QED) is 0.755. The molecule has 0 bridgehead atoms. The Hall–Kier alpha value is -1.80. The maximum absolute atomic E-state index is 8.41. The van der Waals surface area contributed by atoms with Gasteiger partial charge in [-0.1, -0.05) is 42.1 Å². The van der Waals surface area contributed by atoms with Crippen LogP contribution in [0.2, 0.25) is 0 Å². The van der Waals surface area contributed by atoms with Gasteiger partial charge < -0.3 is 4.42 Å². The van der Waals surface area contributed by atoms with Crippen LogP contribution in [-0.2, 0) is 6.42 Å². The molecule has 1 aromatic heterocycles. The van der Waals surface area contributed by atoms with Crippen molar-refractivity contribution in [2.45, 2.75) is 11.6 Å². The highest BCUT2D eigenvalue weighted by Gasteiger charge is 2.06. The molecule has 0 aliphatic rings. The molecule has 1 heterocycles. The Labute approximate surface area is 97.3 Å². The lowest BCUT2D eigenvalue weighted by molar-refractivity contribution is 0.420. The van der Waals surface area contributed by atoms with Crippen LogP contribution in [0.15, 0.2) is 40.0 Å². The van der Waals surface area contributed by atoms with Gasteiger partial charge in [0, 0.05) is 0 Å². The van der Waals surface area contributed by atoms with Crippen LogP contribution < -0.4 is 0 Å². The zero-order valence-corrected chi connectivity index (χ0v) is 9.28. The summed E-state index contributed by atoms with van der Waals surface area (Å²) in [6, 6.07) is 11.9. The second-order valence-corrected chi connectivity index (χ2v) is 4.00. The Morgan fingerprint density at radius 2 is 2.06 bits per heavy atom. The molecule has 4 nitrogen and oxygen atoms in total.